The number of sulfonamides is 2. The molecule has 5 rings (SSSR count). The average molecular weight is 600 g/mol. The molecule has 1 fully saturated rings. The molecular formula is C30H37N3O6S2. The fourth-order valence-corrected chi connectivity index (χ4v) is 9.87. The second-order valence-corrected chi connectivity index (χ2v) is 14.8. The minimum Gasteiger partial charge on any atom is -0.497 e. The Morgan fingerprint density at radius 1 is 1.02 bits per heavy atom. The summed E-state index contributed by atoms with van der Waals surface area (Å²) in [5.74, 6) is 0.513. The molecule has 2 aromatic carbocycles. The number of fused-ring (bicyclic) bond motifs is 1. The van der Waals surface area contributed by atoms with Crippen molar-refractivity contribution >= 4 is 25.7 Å². The van der Waals surface area contributed by atoms with Crippen molar-refractivity contribution in [3.05, 3.63) is 83.2 Å². The van der Waals surface area contributed by atoms with Crippen molar-refractivity contribution < 1.29 is 26.7 Å². The van der Waals surface area contributed by atoms with Gasteiger partial charge in [0.25, 0.3) is 10.0 Å². The van der Waals surface area contributed by atoms with Crippen molar-refractivity contribution in [2.75, 3.05) is 30.3 Å². The number of anilines is 1. The van der Waals surface area contributed by atoms with Crippen LogP contribution in [-0.2, 0) is 32.1 Å². The number of hydrogen-bond donors (Lipinski definition) is 1. The third-order valence-corrected chi connectivity index (χ3v) is 12.4. The maximum absolute atomic E-state index is 14.2. The Morgan fingerprint density at radius 2 is 1.71 bits per heavy atom. The summed E-state index contributed by atoms with van der Waals surface area (Å²) in [5.41, 5.74) is 2.37. The zero-order valence-corrected chi connectivity index (χ0v) is 25.3. The monoisotopic (exact) mass is 599 g/mol. The number of methoxy groups -OCH3 is 1. The summed E-state index contributed by atoms with van der Waals surface area (Å²) in [6, 6.07) is 14.1. The first-order chi connectivity index (χ1) is 19.5. The highest BCUT2D eigenvalue weighted by atomic mass is 32.2. The number of nitrogens with zero attached hydrogens (tertiary/aromatic N) is 3. The number of aliphatic hydroxyl groups is 1. The van der Waals surface area contributed by atoms with Gasteiger partial charge in [0, 0.05) is 37.1 Å². The van der Waals surface area contributed by atoms with Crippen molar-refractivity contribution in [3.63, 3.8) is 0 Å². The second-order valence-electron chi connectivity index (χ2n) is 11.0. The topological polar surface area (TPSA) is 117 Å². The molecule has 1 aromatic heterocycles. The summed E-state index contributed by atoms with van der Waals surface area (Å²) in [7, 11) is -5.95. The molecule has 1 N–H and O–H groups in total. The van der Waals surface area contributed by atoms with E-state index in [0.717, 1.165) is 5.56 Å². The van der Waals surface area contributed by atoms with E-state index >= 15 is 0 Å². The van der Waals surface area contributed by atoms with Crippen LogP contribution in [0, 0.1) is 13.8 Å². The number of para-hydroxylation sites is 1. The van der Waals surface area contributed by atoms with Crippen LogP contribution in [0.2, 0.25) is 0 Å². The minimum atomic E-state index is -3.93. The molecule has 1 saturated heterocycles. The van der Waals surface area contributed by atoms with E-state index in [0.29, 0.717) is 60.2 Å². The van der Waals surface area contributed by atoms with Crippen LogP contribution in [-0.4, -0.2) is 63.2 Å². The van der Waals surface area contributed by atoms with Gasteiger partial charge in [0.05, 0.1) is 29.0 Å². The van der Waals surface area contributed by atoms with E-state index in [-0.39, 0.29) is 23.7 Å². The molecule has 1 unspecified atom stereocenters. The van der Waals surface area contributed by atoms with Crippen LogP contribution >= 0.6 is 0 Å². The Morgan fingerprint density at radius 3 is 2.34 bits per heavy atom. The number of aryl methyl sites for hydroxylation is 2. The van der Waals surface area contributed by atoms with E-state index in [1.807, 2.05) is 30.3 Å². The molecule has 0 bridgehead atoms. The summed E-state index contributed by atoms with van der Waals surface area (Å²) in [4.78, 5) is 4.33. The molecule has 2 aliphatic heterocycles. The van der Waals surface area contributed by atoms with Gasteiger partial charge in [-0.1, -0.05) is 24.3 Å². The highest BCUT2D eigenvalue weighted by Crippen LogP contribution is 2.40. The van der Waals surface area contributed by atoms with Gasteiger partial charge in [-0.25, -0.2) is 21.1 Å². The number of ether oxygens (including phenoxy) is 1. The molecule has 11 heteroatoms. The fraction of sp³-hybridized carbons (Fsp3) is 0.433. The van der Waals surface area contributed by atoms with Gasteiger partial charge in [-0.3, -0.25) is 9.29 Å². The maximum Gasteiger partial charge on any atom is 0.265 e. The van der Waals surface area contributed by atoms with Crippen molar-refractivity contribution in [1.82, 2.24) is 9.29 Å². The van der Waals surface area contributed by atoms with Gasteiger partial charge in [0.2, 0.25) is 10.0 Å². The molecule has 0 saturated carbocycles. The number of piperidine rings is 1. The second kappa shape index (κ2) is 11.4. The van der Waals surface area contributed by atoms with E-state index < -0.39 is 31.7 Å². The van der Waals surface area contributed by atoms with Gasteiger partial charge in [-0.2, -0.15) is 0 Å². The number of pyridine rings is 1. The largest absolute Gasteiger partial charge is 0.497 e. The normalized spacial score (nSPS) is 19.2. The minimum absolute atomic E-state index is 0.0837. The molecule has 2 aliphatic rings. The summed E-state index contributed by atoms with van der Waals surface area (Å²) in [6.45, 7) is 3.97. The molecule has 3 heterocycles. The Balaban J connectivity index is 1.30. The average Bonchev–Trinajstić information content (AvgIpc) is 3.32. The van der Waals surface area contributed by atoms with Crippen LogP contribution in [0.3, 0.4) is 0 Å². The molecule has 220 valence electrons. The lowest BCUT2D eigenvalue weighted by Gasteiger charge is -2.37. The summed E-state index contributed by atoms with van der Waals surface area (Å²) in [6.07, 6.45) is 5.09. The first kappa shape index (κ1) is 29.5. The van der Waals surface area contributed by atoms with Crippen LogP contribution in [0.4, 0.5) is 5.69 Å². The summed E-state index contributed by atoms with van der Waals surface area (Å²) in [5, 5.41) is 11.1. The highest BCUT2D eigenvalue weighted by Gasteiger charge is 2.41. The standard InChI is InChI=1S/C30H37N3O6S2/c1-22-18-27(39-3)19-23(2)29(22)41(37,38)33-26(20-24-8-4-5-11-28(24)33)10-7-17-40(35,36)32-15-12-30(34,13-16-32)25-9-6-14-31-21-25/h4-6,8-9,11,14,18-19,21,26,34H,7,10,12-13,15-17,20H2,1-3H3. The van der Waals surface area contributed by atoms with Gasteiger partial charge >= 0.3 is 0 Å². The highest BCUT2D eigenvalue weighted by molar-refractivity contribution is 7.93. The van der Waals surface area contributed by atoms with E-state index in [1.54, 1.807) is 51.6 Å². The van der Waals surface area contributed by atoms with Crippen LogP contribution in [0.1, 0.15) is 47.9 Å². The summed E-state index contributed by atoms with van der Waals surface area (Å²) < 4.78 is 63.1. The SMILES string of the molecule is COc1cc(C)c(S(=O)(=O)N2c3ccccc3CC2CCCS(=O)(=O)N2CCC(O)(c3cccnc3)CC2)c(C)c1. The third-order valence-electron chi connectivity index (χ3n) is 8.28. The Bertz CT molecular complexity index is 1600. The lowest BCUT2D eigenvalue weighted by Crippen LogP contribution is -2.46. The van der Waals surface area contributed by atoms with Crippen LogP contribution in [0.25, 0.3) is 0 Å². The van der Waals surface area contributed by atoms with Crippen molar-refractivity contribution in [1.29, 1.82) is 0 Å². The van der Waals surface area contributed by atoms with E-state index in [4.69, 9.17) is 4.74 Å². The van der Waals surface area contributed by atoms with Crippen LogP contribution < -0.4 is 9.04 Å². The van der Waals surface area contributed by atoms with Gasteiger partial charge < -0.3 is 9.84 Å². The van der Waals surface area contributed by atoms with Gasteiger partial charge in [0.1, 0.15) is 5.75 Å². The van der Waals surface area contributed by atoms with Crippen molar-refractivity contribution in [2.45, 2.75) is 62.5 Å². The van der Waals surface area contributed by atoms with Crippen LogP contribution in [0.5, 0.6) is 5.75 Å². The molecule has 9 nitrogen and oxygen atoms in total. The van der Waals surface area contributed by atoms with Crippen LogP contribution in [0.15, 0.2) is 65.8 Å². The molecule has 0 spiro atoms. The number of benzene rings is 2. The van der Waals surface area contributed by atoms with Gasteiger partial charge in [-0.05, 0) is 86.9 Å². The molecule has 0 radical (unpaired) electrons. The fourth-order valence-electron chi connectivity index (χ4n) is 6.20. The first-order valence-electron chi connectivity index (χ1n) is 13.8. The van der Waals surface area contributed by atoms with E-state index in [2.05, 4.69) is 4.98 Å². The lowest BCUT2D eigenvalue weighted by atomic mass is 9.86. The van der Waals surface area contributed by atoms with Gasteiger partial charge in [-0.15, -0.1) is 0 Å². The number of aromatic nitrogens is 1. The summed E-state index contributed by atoms with van der Waals surface area (Å²) >= 11 is 0. The van der Waals surface area contributed by atoms with Gasteiger partial charge in [0.15, 0.2) is 0 Å². The molecular weight excluding hydrogens is 562 g/mol. The Labute approximate surface area is 242 Å². The first-order valence-corrected chi connectivity index (χ1v) is 16.9. The zero-order chi connectivity index (χ0) is 29.4. The number of hydrogen-bond acceptors (Lipinski definition) is 7. The lowest BCUT2D eigenvalue weighted by molar-refractivity contribution is -0.00989. The third kappa shape index (κ3) is 5.73. The molecule has 3 aromatic rings. The molecule has 1 atom stereocenters. The number of rotatable bonds is 9. The molecule has 0 amide bonds. The predicted octanol–water partition coefficient (Wildman–Crippen LogP) is 3.92. The maximum atomic E-state index is 14.2. The molecule has 0 aliphatic carbocycles. The van der Waals surface area contributed by atoms with E-state index in [9.17, 15) is 21.9 Å². The quantitative estimate of drug-likeness (QED) is 0.396. The van der Waals surface area contributed by atoms with E-state index in [1.165, 1.54) is 8.61 Å². The predicted molar refractivity (Wildman–Crippen MR) is 158 cm³/mol. The Kier molecular flexibility index (Phi) is 8.17. The zero-order valence-electron chi connectivity index (χ0n) is 23.7. The van der Waals surface area contributed by atoms with Crippen molar-refractivity contribution in [3.8, 4) is 5.75 Å². The van der Waals surface area contributed by atoms with Crippen molar-refractivity contribution in [2.24, 2.45) is 0 Å². The molecule has 41 heavy (non-hydrogen) atoms. The smallest absolute Gasteiger partial charge is 0.265 e. The Hall–Kier alpha value is -2.99.